The van der Waals surface area contributed by atoms with Gasteiger partial charge in [0, 0.05) is 12.4 Å². The van der Waals surface area contributed by atoms with E-state index in [0.717, 1.165) is 17.8 Å². The summed E-state index contributed by atoms with van der Waals surface area (Å²) in [4.78, 5) is 34.5. The van der Waals surface area contributed by atoms with E-state index in [1.807, 2.05) is 0 Å². The Kier molecular flexibility index (Phi) is 6.98. The molecule has 0 saturated carbocycles. The van der Waals surface area contributed by atoms with Crippen molar-refractivity contribution in [2.24, 2.45) is 10.2 Å². The van der Waals surface area contributed by atoms with Crippen molar-refractivity contribution < 1.29 is 33.4 Å². The second-order valence-electron chi connectivity index (χ2n) is 6.13. The van der Waals surface area contributed by atoms with Crippen LogP contribution in [-0.2, 0) is 9.59 Å². The molecule has 31 heavy (non-hydrogen) atoms. The summed E-state index contributed by atoms with van der Waals surface area (Å²) in [6.45, 7) is 0. The van der Waals surface area contributed by atoms with Crippen molar-refractivity contribution in [3.05, 3.63) is 59.4 Å². The van der Waals surface area contributed by atoms with E-state index in [2.05, 4.69) is 15.5 Å². The van der Waals surface area contributed by atoms with Gasteiger partial charge in [0.15, 0.2) is 16.7 Å². The van der Waals surface area contributed by atoms with Crippen molar-refractivity contribution >= 4 is 41.0 Å². The summed E-state index contributed by atoms with van der Waals surface area (Å²) < 4.78 is 23.8. The second-order valence-corrected chi connectivity index (χ2v) is 7.32. The molecule has 3 rings (SSSR count). The summed E-state index contributed by atoms with van der Waals surface area (Å²) in [6, 6.07) is 9.70. The third-order valence-corrected chi connectivity index (χ3v) is 5.01. The molecule has 160 valence electrons. The number of thioether (sulfide) groups is 1. The van der Waals surface area contributed by atoms with E-state index in [9.17, 15) is 23.9 Å². The Labute approximate surface area is 180 Å². The Morgan fingerprint density at radius 1 is 1.26 bits per heavy atom. The van der Waals surface area contributed by atoms with Gasteiger partial charge < -0.3 is 24.7 Å². The molecule has 2 aromatic carbocycles. The van der Waals surface area contributed by atoms with E-state index >= 15 is 0 Å². The molecule has 1 heterocycles. The van der Waals surface area contributed by atoms with E-state index in [0.29, 0.717) is 5.56 Å². The maximum absolute atomic E-state index is 13.3. The number of ether oxygens (including phenoxy) is 2. The molecule has 1 fully saturated rings. The molecule has 0 bridgehead atoms. The molecule has 11 heteroatoms. The highest BCUT2D eigenvalue weighted by molar-refractivity contribution is 8.15. The van der Waals surface area contributed by atoms with Gasteiger partial charge in [-0.15, -0.1) is 5.10 Å². The number of rotatable bonds is 7. The third kappa shape index (κ3) is 5.89. The molecule has 2 aromatic rings. The first-order valence-electron chi connectivity index (χ1n) is 8.80. The molecule has 0 spiro atoms. The number of methoxy groups -OCH3 is 1. The zero-order valence-electron chi connectivity index (χ0n) is 16.0. The van der Waals surface area contributed by atoms with Crippen LogP contribution in [0.15, 0.2) is 52.7 Å². The smallest absolute Gasteiger partial charge is 0.343 e. The summed E-state index contributed by atoms with van der Waals surface area (Å²) in [5.74, 6) is -2.75. The first kappa shape index (κ1) is 22.0. The second kappa shape index (κ2) is 9.85. The summed E-state index contributed by atoms with van der Waals surface area (Å²) in [5, 5.41) is 20.1. The number of carboxylic acid groups (broad SMARTS) is 1. The number of esters is 1. The molecule has 1 saturated heterocycles. The monoisotopic (exact) mass is 444 g/mol. The molecule has 1 aliphatic rings. The van der Waals surface area contributed by atoms with E-state index in [4.69, 9.17) is 9.47 Å². The molecule has 0 aliphatic carbocycles. The van der Waals surface area contributed by atoms with Crippen LogP contribution >= 0.6 is 11.8 Å². The number of halogens is 1. The van der Waals surface area contributed by atoms with E-state index in [-0.39, 0.29) is 22.2 Å². The van der Waals surface area contributed by atoms with Gasteiger partial charge in [-0.25, -0.2) is 9.18 Å². The lowest BCUT2D eigenvalue weighted by atomic mass is 10.2. The zero-order valence-corrected chi connectivity index (χ0v) is 16.8. The molecule has 1 N–H and O–H groups in total. The SMILES string of the molecule is COc1cc(/C=N\N=C2\NC(=O)[C@H](CC(=O)[O-])S2)ccc1OC(=O)c1cccc(F)c1. The number of carboxylic acids is 1. The molecule has 9 nitrogen and oxygen atoms in total. The third-order valence-electron chi connectivity index (χ3n) is 3.93. The molecule has 1 amide bonds. The number of amidine groups is 1. The van der Waals surface area contributed by atoms with Gasteiger partial charge in [-0.2, -0.15) is 5.10 Å². The number of benzene rings is 2. The van der Waals surface area contributed by atoms with Crippen LogP contribution in [0.25, 0.3) is 0 Å². The van der Waals surface area contributed by atoms with Crippen LogP contribution < -0.4 is 19.9 Å². The first-order chi connectivity index (χ1) is 14.9. The number of hydrogen-bond acceptors (Lipinski definition) is 9. The highest BCUT2D eigenvalue weighted by Gasteiger charge is 2.30. The van der Waals surface area contributed by atoms with E-state index < -0.39 is 35.3 Å². The van der Waals surface area contributed by atoms with Crippen molar-refractivity contribution in [1.29, 1.82) is 0 Å². The minimum absolute atomic E-state index is 0.0524. The summed E-state index contributed by atoms with van der Waals surface area (Å²) >= 11 is 0.944. The summed E-state index contributed by atoms with van der Waals surface area (Å²) in [6.07, 6.45) is 0.943. The quantitative estimate of drug-likeness (QED) is 0.293. The minimum atomic E-state index is -1.33. The normalized spacial score (nSPS) is 17.0. The van der Waals surface area contributed by atoms with Crippen LogP contribution in [0.2, 0.25) is 0 Å². The fourth-order valence-corrected chi connectivity index (χ4v) is 3.42. The van der Waals surface area contributed by atoms with Crippen LogP contribution in [0.4, 0.5) is 4.39 Å². The van der Waals surface area contributed by atoms with Gasteiger partial charge in [0.25, 0.3) is 0 Å². The molecule has 1 aliphatic heterocycles. The van der Waals surface area contributed by atoms with Gasteiger partial charge in [-0.05, 0) is 42.0 Å². The fraction of sp³-hybridized carbons (Fsp3) is 0.150. The maximum atomic E-state index is 13.3. The Balaban J connectivity index is 1.68. The highest BCUT2D eigenvalue weighted by atomic mass is 32.2. The van der Waals surface area contributed by atoms with Gasteiger partial charge in [-0.3, -0.25) is 4.79 Å². The topological polar surface area (TPSA) is 129 Å². The number of nitrogens with one attached hydrogen (secondary N) is 1. The number of hydrogen-bond donors (Lipinski definition) is 1. The number of carbonyl (C=O) groups excluding carboxylic acids is 3. The van der Waals surface area contributed by atoms with Crippen LogP contribution in [0.3, 0.4) is 0 Å². The number of amides is 1. The van der Waals surface area contributed by atoms with Crippen molar-refractivity contribution in [3.8, 4) is 11.5 Å². The largest absolute Gasteiger partial charge is 0.550 e. The van der Waals surface area contributed by atoms with Gasteiger partial charge in [0.05, 0.1) is 24.1 Å². The number of aliphatic carboxylic acids is 1. The molecular weight excluding hydrogens is 429 g/mol. The van der Waals surface area contributed by atoms with Gasteiger partial charge in [0.1, 0.15) is 5.82 Å². The van der Waals surface area contributed by atoms with Crippen molar-refractivity contribution in [1.82, 2.24) is 5.32 Å². The van der Waals surface area contributed by atoms with Crippen molar-refractivity contribution in [2.45, 2.75) is 11.7 Å². The predicted octanol–water partition coefficient (Wildman–Crippen LogP) is 1.12. The van der Waals surface area contributed by atoms with Crippen LogP contribution in [-0.4, -0.2) is 41.6 Å². The Bertz CT molecular complexity index is 1090. The lowest BCUT2D eigenvalue weighted by Gasteiger charge is -2.10. The average Bonchev–Trinajstić information content (AvgIpc) is 3.07. The zero-order chi connectivity index (χ0) is 22.4. The fourth-order valence-electron chi connectivity index (χ4n) is 2.51. The number of nitrogens with zero attached hydrogens (tertiary/aromatic N) is 2. The standard InChI is InChI=1S/C20H16FN3O6S/c1-29-15-7-11(10-22-24-20-23-18(27)16(31-20)9-17(25)26)5-6-14(15)30-19(28)12-3-2-4-13(21)8-12/h2-8,10,16H,9H2,1H3,(H,25,26)(H,23,24,27)/p-1/b22-10-/t16-/m0/s1. The van der Waals surface area contributed by atoms with Gasteiger partial charge in [0.2, 0.25) is 5.91 Å². The lowest BCUT2D eigenvalue weighted by molar-refractivity contribution is -0.305. The van der Waals surface area contributed by atoms with E-state index in [1.54, 1.807) is 6.07 Å². The summed E-state index contributed by atoms with van der Waals surface area (Å²) in [5.41, 5.74) is 0.601. The Morgan fingerprint density at radius 3 is 2.77 bits per heavy atom. The highest BCUT2D eigenvalue weighted by Crippen LogP contribution is 2.28. The predicted molar refractivity (Wildman–Crippen MR) is 109 cm³/mol. The Hall–Kier alpha value is -3.73. The van der Waals surface area contributed by atoms with Crippen molar-refractivity contribution in [3.63, 3.8) is 0 Å². The maximum Gasteiger partial charge on any atom is 0.343 e. The summed E-state index contributed by atoms with van der Waals surface area (Å²) in [7, 11) is 1.39. The van der Waals surface area contributed by atoms with Crippen LogP contribution in [0.1, 0.15) is 22.3 Å². The van der Waals surface area contributed by atoms with E-state index in [1.165, 1.54) is 43.7 Å². The number of carbonyl (C=O) groups is 3. The molecule has 0 aromatic heterocycles. The van der Waals surface area contributed by atoms with Crippen LogP contribution in [0, 0.1) is 5.82 Å². The van der Waals surface area contributed by atoms with Crippen molar-refractivity contribution in [2.75, 3.05) is 7.11 Å². The van der Waals surface area contributed by atoms with Gasteiger partial charge >= 0.3 is 5.97 Å². The minimum Gasteiger partial charge on any atom is -0.550 e. The molecule has 1 atom stereocenters. The molecular formula is C20H15FN3O6S-. The Morgan fingerprint density at radius 2 is 2.06 bits per heavy atom. The van der Waals surface area contributed by atoms with Gasteiger partial charge in [-0.1, -0.05) is 17.8 Å². The van der Waals surface area contributed by atoms with Crippen LogP contribution in [0.5, 0.6) is 11.5 Å². The molecule has 0 radical (unpaired) electrons. The average molecular weight is 444 g/mol. The first-order valence-corrected chi connectivity index (χ1v) is 9.68. The molecule has 0 unspecified atom stereocenters. The lowest BCUT2D eigenvalue weighted by Crippen LogP contribution is -2.31.